The van der Waals surface area contributed by atoms with Crippen LogP contribution in [0.15, 0.2) is 57.4 Å². The maximum atomic E-state index is 13.8. The van der Waals surface area contributed by atoms with E-state index < -0.39 is 72.6 Å². The number of hydrogen-bond acceptors (Lipinski definition) is 19. The summed E-state index contributed by atoms with van der Waals surface area (Å²) in [4.78, 5) is 39.3. The third kappa shape index (κ3) is 12.6. The molecule has 332 valence electrons. The van der Waals surface area contributed by atoms with Gasteiger partial charge in [0, 0.05) is 23.6 Å². The van der Waals surface area contributed by atoms with E-state index in [4.69, 9.17) is 37.6 Å². The Morgan fingerprint density at radius 2 is 1.67 bits per heavy atom. The number of allylic oxidation sites excluding steroid dienone is 2. The number of esters is 2. The number of phenols is 2. The highest BCUT2D eigenvalue weighted by molar-refractivity contribution is 5.92. The zero-order valence-corrected chi connectivity index (χ0v) is 33.9. The lowest BCUT2D eigenvalue weighted by molar-refractivity contribution is -0.302. The van der Waals surface area contributed by atoms with Crippen LogP contribution in [-0.2, 0) is 52.8 Å². The van der Waals surface area contributed by atoms with Gasteiger partial charge in [0.05, 0.1) is 78.9 Å². The highest BCUT2D eigenvalue weighted by Gasteiger charge is 2.44. The molecule has 6 N–H and O–H groups in total. The van der Waals surface area contributed by atoms with Crippen LogP contribution in [0, 0.1) is 0 Å². The molecule has 0 saturated carbocycles. The molecule has 20 nitrogen and oxygen atoms in total. The number of fused-ring (bicyclic) bond motifs is 1. The van der Waals surface area contributed by atoms with E-state index in [-0.39, 0.29) is 80.5 Å². The van der Waals surface area contributed by atoms with E-state index >= 15 is 0 Å². The number of hydrogen-bond donors (Lipinski definition) is 6. The molecule has 20 heteroatoms. The Kier molecular flexibility index (Phi) is 17.1. The number of aliphatic hydroxyl groups excluding tert-OH is 4. The Bertz CT molecular complexity index is 2160. The standard InChI is InChI=1S/C41H51N3O17/c1-23(2)5-10-27-28(46)19-29(47)33-35(51)40(38(61-39(27)33)24-6-8-26(54-3)9-7-24)60-32(49)12-11-31(48)57-15-4-14-56-22-25-20-44(43-42-25)13-16-55-17-18-58-41-37(53)36(52)34(50)30(21-45)59-41/h5-9,19-20,30,34,36-37,41,45-47,50,52-53H,4,10-18,21-22H2,1-3H3/t30-,34-,36+,37-,41-/m0/s1. The van der Waals surface area contributed by atoms with Crippen LogP contribution in [-0.4, -0.2) is 135 Å². The van der Waals surface area contributed by atoms with E-state index in [1.165, 1.54) is 7.11 Å². The number of methoxy groups -OCH3 is 1. The SMILES string of the molecule is COc1ccc(-c2oc3c(CC=C(C)C)c(O)cc(O)c3c(=O)c2OC(=O)CCC(=O)OCCCOCc2cn(CCOCCO[C@H]3O[C@@H](CO)[C@H](O)[C@@H](O)[C@@H]3O)nn2)cc1. The van der Waals surface area contributed by atoms with Gasteiger partial charge >= 0.3 is 11.9 Å². The van der Waals surface area contributed by atoms with Crippen LogP contribution >= 0.6 is 0 Å². The lowest BCUT2D eigenvalue weighted by Gasteiger charge is -2.39. The molecule has 2 aromatic heterocycles. The molecule has 0 spiro atoms. The molecule has 1 fully saturated rings. The molecule has 0 bridgehead atoms. The number of carbonyl (C=O) groups is 2. The second kappa shape index (κ2) is 22.4. The number of benzene rings is 2. The summed E-state index contributed by atoms with van der Waals surface area (Å²) in [5.74, 6) is -2.58. The van der Waals surface area contributed by atoms with Crippen molar-refractivity contribution in [1.29, 1.82) is 0 Å². The number of phenolic OH excluding ortho intramolecular Hbond substituents is 2. The number of aromatic nitrogens is 3. The van der Waals surface area contributed by atoms with Crippen molar-refractivity contribution < 1.29 is 77.8 Å². The van der Waals surface area contributed by atoms with Crippen molar-refractivity contribution in [3.05, 3.63) is 69.7 Å². The molecule has 61 heavy (non-hydrogen) atoms. The van der Waals surface area contributed by atoms with Gasteiger partial charge in [0.15, 0.2) is 12.1 Å². The van der Waals surface area contributed by atoms with Gasteiger partial charge in [0.1, 0.15) is 58.3 Å². The maximum absolute atomic E-state index is 13.8. The van der Waals surface area contributed by atoms with Gasteiger partial charge in [-0.15, -0.1) is 5.10 Å². The molecular formula is C41H51N3O17. The summed E-state index contributed by atoms with van der Waals surface area (Å²) in [6.07, 6.45) is -3.54. The molecule has 2 aromatic carbocycles. The van der Waals surface area contributed by atoms with Crippen LogP contribution in [0.1, 0.15) is 44.4 Å². The van der Waals surface area contributed by atoms with E-state index in [0.717, 1.165) is 11.6 Å². The first-order valence-electron chi connectivity index (χ1n) is 19.5. The Hall–Kier alpha value is -5.45. The molecule has 0 radical (unpaired) electrons. The van der Waals surface area contributed by atoms with Crippen LogP contribution in [0.3, 0.4) is 0 Å². The average molecular weight is 858 g/mol. The van der Waals surface area contributed by atoms with E-state index in [0.29, 0.717) is 30.0 Å². The third-order valence-corrected chi connectivity index (χ3v) is 9.35. The minimum atomic E-state index is -1.53. The Morgan fingerprint density at radius 1 is 0.918 bits per heavy atom. The van der Waals surface area contributed by atoms with Crippen LogP contribution in [0.25, 0.3) is 22.3 Å². The van der Waals surface area contributed by atoms with Gasteiger partial charge in [-0.25, -0.2) is 4.68 Å². The van der Waals surface area contributed by atoms with Gasteiger partial charge in [0.25, 0.3) is 0 Å². The molecule has 1 aliphatic rings. The van der Waals surface area contributed by atoms with Gasteiger partial charge in [-0.1, -0.05) is 16.9 Å². The molecule has 5 rings (SSSR count). The van der Waals surface area contributed by atoms with Gasteiger partial charge in [-0.2, -0.15) is 0 Å². The Balaban J connectivity index is 1.03. The minimum Gasteiger partial charge on any atom is -0.507 e. The molecule has 0 amide bonds. The van der Waals surface area contributed by atoms with E-state index in [1.54, 1.807) is 35.1 Å². The van der Waals surface area contributed by atoms with Crippen molar-refractivity contribution in [3.63, 3.8) is 0 Å². The summed E-state index contributed by atoms with van der Waals surface area (Å²) >= 11 is 0. The molecule has 5 atom stereocenters. The fourth-order valence-corrected chi connectivity index (χ4v) is 6.07. The fourth-order valence-electron chi connectivity index (χ4n) is 6.07. The van der Waals surface area contributed by atoms with Crippen molar-refractivity contribution in [2.24, 2.45) is 0 Å². The van der Waals surface area contributed by atoms with E-state index in [9.17, 15) is 45.0 Å². The summed E-state index contributed by atoms with van der Waals surface area (Å²) in [6, 6.07) is 7.43. The molecule has 0 aliphatic carbocycles. The number of nitrogens with zero attached hydrogens (tertiary/aromatic N) is 3. The smallest absolute Gasteiger partial charge is 0.312 e. The zero-order valence-electron chi connectivity index (χ0n) is 33.9. The summed E-state index contributed by atoms with van der Waals surface area (Å²) in [7, 11) is 1.49. The fraction of sp³-hybridized carbons (Fsp3) is 0.488. The van der Waals surface area contributed by atoms with Crippen LogP contribution in [0.2, 0.25) is 0 Å². The first-order chi connectivity index (χ1) is 29.3. The van der Waals surface area contributed by atoms with Crippen LogP contribution < -0.4 is 14.9 Å². The summed E-state index contributed by atoms with van der Waals surface area (Å²) < 4.78 is 45.4. The van der Waals surface area contributed by atoms with Gasteiger partial charge in [-0.3, -0.25) is 14.4 Å². The van der Waals surface area contributed by atoms with Crippen molar-refractivity contribution in [2.45, 2.75) is 83.4 Å². The predicted octanol–water partition coefficient (Wildman–Crippen LogP) is 1.65. The lowest BCUT2D eigenvalue weighted by Crippen LogP contribution is -2.59. The second-order valence-electron chi connectivity index (χ2n) is 14.2. The number of ether oxygens (including phenoxy) is 7. The first-order valence-corrected chi connectivity index (χ1v) is 19.5. The van der Waals surface area contributed by atoms with Crippen molar-refractivity contribution in [1.82, 2.24) is 15.0 Å². The van der Waals surface area contributed by atoms with Crippen LogP contribution in [0.4, 0.5) is 0 Å². The van der Waals surface area contributed by atoms with Crippen LogP contribution in [0.5, 0.6) is 23.0 Å². The quantitative estimate of drug-likeness (QED) is 0.0372. The monoisotopic (exact) mass is 857 g/mol. The largest absolute Gasteiger partial charge is 0.507 e. The molecule has 0 unspecified atom stereocenters. The lowest BCUT2D eigenvalue weighted by atomic mass is 9.99. The topological polar surface area (TPSA) is 281 Å². The Labute approximate surface area is 349 Å². The summed E-state index contributed by atoms with van der Waals surface area (Å²) in [5.41, 5.74) is 1.15. The summed E-state index contributed by atoms with van der Waals surface area (Å²) in [5, 5.41) is 68.1. The predicted molar refractivity (Wildman–Crippen MR) is 212 cm³/mol. The van der Waals surface area contributed by atoms with E-state index in [1.807, 2.05) is 19.9 Å². The molecule has 1 aliphatic heterocycles. The zero-order chi connectivity index (χ0) is 44.1. The average Bonchev–Trinajstić information content (AvgIpc) is 3.70. The number of carbonyl (C=O) groups excluding carboxylic acids is 2. The maximum Gasteiger partial charge on any atom is 0.312 e. The van der Waals surface area contributed by atoms with Crippen molar-refractivity contribution in [3.8, 4) is 34.3 Å². The number of rotatable bonds is 22. The highest BCUT2D eigenvalue weighted by atomic mass is 16.7. The number of aromatic hydroxyl groups is 2. The minimum absolute atomic E-state index is 0.00902. The first kappa shape index (κ1) is 46.6. The van der Waals surface area contributed by atoms with Crippen molar-refractivity contribution >= 4 is 22.9 Å². The molecule has 4 aromatic rings. The molecule has 3 heterocycles. The Morgan fingerprint density at radius 3 is 2.39 bits per heavy atom. The highest BCUT2D eigenvalue weighted by Crippen LogP contribution is 2.39. The van der Waals surface area contributed by atoms with Gasteiger partial charge in [-0.05, 0) is 44.5 Å². The van der Waals surface area contributed by atoms with Gasteiger partial charge in [0.2, 0.25) is 11.2 Å². The summed E-state index contributed by atoms with van der Waals surface area (Å²) in [6.45, 7) is 4.31. The number of aliphatic hydroxyl groups is 4. The third-order valence-electron chi connectivity index (χ3n) is 9.35. The van der Waals surface area contributed by atoms with Gasteiger partial charge < -0.3 is 68.2 Å². The normalized spacial score (nSPS) is 18.8. The molecule has 1 saturated heterocycles. The van der Waals surface area contributed by atoms with Crippen molar-refractivity contribution in [2.75, 3.05) is 46.8 Å². The second-order valence-corrected chi connectivity index (χ2v) is 14.2. The molecular weight excluding hydrogens is 806 g/mol. The van der Waals surface area contributed by atoms with E-state index in [2.05, 4.69) is 10.3 Å².